The number of aryl methyl sites for hydroxylation is 1. The average molecular weight is 530 g/mol. The van der Waals surface area contributed by atoms with Crippen molar-refractivity contribution >= 4 is 45.8 Å². The molecule has 0 atom stereocenters. The molecule has 0 saturated heterocycles. The number of rotatable bonds is 7. The lowest BCUT2D eigenvalue weighted by atomic mass is 10.1. The van der Waals surface area contributed by atoms with E-state index in [0.29, 0.717) is 33.4 Å². The second-order valence-electron chi connectivity index (χ2n) is 9.65. The molecule has 0 radical (unpaired) electrons. The van der Waals surface area contributed by atoms with Crippen molar-refractivity contribution in [1.29, 1.82) is 0 Å². The minimum Gasteiger partial charge on any atom is -0.389 e. The summed E-state index contributed by atoms with van der Waals surface area (Å²) in [5, 5.41) is 17.3. The van der Waals surface area contributed by atoms with Gasteiger partial charge in [-0.25, -0.2) is 4.98 Å². The number of anilines is 2. The third kappa shape index (κ3) is 5.09. The molecule has 0 bridgehead atoms. The fourth-order valence-electron chi connectivity index (χ4n) is 4.16. The molecule has 0 saturated carbocycles. The highest BCUT2D eigenvalue weighted by atomic mass is 32.1. The Bertz CT molecular complexity index is 1630. The first-order valence-corrected chi connectivity index (χ1v) is 12.8. The third-order valence-electron chi connectivity index (χ3n) is 6.06. The lowest BCUT2D eigenvalue weighted by Crippen LogP contribution is -2.27. The van der Waals surface area contributed by atoms with E-state index in [9.17, 15) is 14.7 Å². The van der Waals surface area contributed by atoms with Gasteiger partial charge in [0, 0.05) is 23.2 Å². The van der Waals surface area contributed by atoms with Crippen molar-refractivity contribution in [2.45, 2.75) is 32.9 Å². The summed E-state index contributed by atoms with van der Waals surface area (Å²) in [7, 11) is 1.71. The van der Waals surface area contributed by atoms with E-state index in [0.717, 1.165) is 16.0 Å². The maximum Gasteiger partial charge on any atom is 0.268 e. The number of carbonyl (C=O) groups is 2. The molecule has 0 unspecified atom stereocenters. The van der Waals surface area contributed by atoms with Crippen LogP contribution in [-0.4, -0.2) is 44.3 Å². The van der Waals surface area contributed by atoms with E-state index < -0.39 is 5.60 Å². The Balaban J connectivity index is 1.46. The number of carbonyl (C=O) groups excluding carboxylic acids is 2. The van der Waals surface area contributed by atoms with Crippen LogP contribution in [0.1, 0.15) is 39.6 Å². The second-order valence-corrected chi connectivity index (χ2v) is 10.7. The van der Waals surface area contributed by atoms with Crippen LogP contribution < -0.4 is 10.2 Å². The minimum absolute atomic E-state index is 0.147. The predicted octanol–water partition coefficient (Wildman–Crippen LogP) is 5.36. The lowest BCUT2D eigenvalue weighted by Gasteiger charge is -2.20. The zero-order valence-corrected chi connectivity index (χ0v) is 22.2. The number of imidazole rings is 1. The molecule has 3 aromatic heterocycles. The normalized spacial score (nSPS) is 11.6. The van der Waals surface area contributed by atoms with Gasteiger partial charge in [0.15, 0.2) is 0 Å². The van der Waals surface area contributed by atoms with E-state index in [1.165, 1.54) is 11.3 Å². The molecule has 3 heterocycles. The maximum atomic E-state index is 13.2. The average Bonchev–Trinajstić information content (AvgIpc) is 3.62. The summed E-state index contributed by atoms with van der Waals surface area (Å²) in [4.78, 5) is 33.7. The fraction of sp³-hybridized carbons (Fsp3) is 0.214. The van der Waals surface area contributed by atoms with E-state index in [2.05, 4.69) is 15.5 Å². The first kappa shape index (κ1) is 25.4. The van der Waals surface area contributed by atoms with Gasteiger partial charge in [0.05, 0.1) is 39.8 Å². The van der Waals surface area contributed by atoms with Crippen LogP contribution in [0.3, 0.4) is 0 Å². The molecule has 0 aliphatic carbocycles. The summed E-state index contributed by atoms with van der Waals surface area (Å²) in [5.74, 6) is 0.514. The van der Waals surface area contributed by atoms with E-state index >= 15 is 0 Å². The zero-order valence-electron chi connectivity index (χ0n) is 21.4. The summed E-state index contributed by atoms with van der Waals surface area (Å²) in [6, 6.07) is 18.1. The largest absolute Gasteiger partial charge is 0.389 e. The molecule has 9 nitrogen and oxygen atoms in total. The van der Waals surface area contributed by atoms with Gasteiger partial charge in [0.25, 0.3) is 11.8 Å². The number of hydrogen-bond donors (Lipinski definition) is 2. The molecule has 194 valence electrons. The Labute approximate surface area is 223 Å². The monoisotopic (exact) mass is 529 g/mol. The van der Waals surface area contributed by atoms with Crippen LogP contribution in [0, 0.1) is 6.92 Å². The third-order valence-corrected chi connectivity index (χ3v) is 7.18. The Morgan fingerprint density at radius 1 is 1.13 bits per heavy atom. The van der Waals surface area contributed by atoms with Gasteiger partial charge >= 0.3 is 0 Å². The lowest BCUT2D eigenvalue weighted by molar-refractivity contribution is 0.0630. The number of hydrogen-bond acceptors (Lipinski definition) is 7. The molecule has 0 fully saturated rings. The molecule has 2 aromatic carbocycles. The Kier molecular flexibility index (Phi) is 6.60. The molecule has 38 heavy (non-hydrogen) atoms. The van der Waals surface area contributed by atoms with Crippen molar-refractivity contribution in [1.82, 2.24) is 14.7 Å². The standard InChI is InChI=1S/C28H27N5O4S/c1-17-20(15-29-37-17)23-12-13-24(38-23)25(34)31-27-30-21-14-19(10-11-22(21)33(27)16-28(2,3)36)32(4)26(35)18-8-6-5-7-9-18/h5-15,36H,16H2,1-4H3,(H,30,31,34). The fourth-order valence-corrected chi connectivity index (χ4v) is 5.12. The molecule has 0 spiro atoms. The maximum absolute atomic E-state index is 13.2. The van der Waals surface area contributed by atoms with Crippen molar-refractivity contribution in [2.75, 3.05) is 17.3 Å². The smallest absolute Gasteiger partial charge is 0.268 e. The molecule has 0 aliphatic heterocycles. The van der Waals surface area contributed by atoms with Gasteiger partial charge in [-0.3, -0.25) is 14.9 Å². The van der Waals surface area contributed by atoms with Crippen molar-refractivity contribution in [3.05, 3.63) is 83.1 Å². The van der Waals surface area contributed by atoms with E-state index in [-0.39, 0.29) is 18.4 Å². The van der Waals surface area contributed by atoms with E-state index in [1.807, 2.05) is 43.3 Å². The minimum atomic E-state index is -1.06. The number of amides is 2. The van der Waals surface area contributed by atoms with Crippen molar-refractivity contribution in [3.63, 3.8) is 0 Å². The number of aromatic nitrogens is 3. The molecular weight excluding hydrogens is 502 g/mol. The number of fused-ring (bicyclic) bond motifs is 1. The number of benzene rings is 2. The number of nitrogens with zero attached hydrogens (tertiary/aromatic N) is 4. The van der Waals surface area contributed by atoms with Crippen LogP contribution in [0.4, 0.5) is 11.6 Å². The molecule has 2 amide bonds. The van der Waals surface area contributed by atoms with E-state index in [1.54, 1.807) is 60.8 Å². The van der Waals surface area contributed by atoms with Crippen LogP contribution in [0.15, 0.2) is 71.4 Å². The highest BCUT2D eigenvalue weighted by molar-refractivity contribution is 7.17. The highest BCUT2D eigenvalue weighted by Crippen LogP contribution is 2.32. The number of aliphatic hydroxyl groups is 1. The van der Waals surface area contributed by atoms with Crippen LogP contribution in [0.5, 0.6) is 0 Å². The van der Waals surface area contributed by atoms with Crippen LogP contribution in [0.2, 0.25) is 0 Å². The van der Waals surface area contributed by atoms with Gasteiger partial charge in [0.1, 0.15) is 5.76 Å². The Morgan fingerprint density at radius 2 is 1.89 bits per heavy atom. The summed E-state index contributed by atoms with van der Waals surface area (Å²) in [6.45, 7) is 5.41. The second kappa shape index (κ2) is 9.88. The van der Waals surface area contributed by atoms with Gasteiger partial charge in [-0.1, -0.05) is 23.4 Å². The van der Waals surface area contributed by atoms with E-state index in [4.69, 9.17) is 4.52 Å². The van der Waals surface area contributed by atoms with Crippen LogP contribution >= 0.6 is 11.3 Å². The Hall–Kier alpha value is -4.28. The SMILES string of the molecule is Cc1oncc1-c1ccc(C(=O)Nc2nc3cc(N(C)C(=O)c4ccccc4)ccc3n2CC(C)(C)O)s1. The zero-order chi connectivity index (χ0) is 27.0. The van der Waals surface area contributed by atoms with Crippen LogP contribution in [0.25, 0.3) is 21.5 Å². The number of thiophene rings is 1. The predicted molar refractivity (Wildman–Crippen MR) is 148 cm³/mol. The molecular formula is C28H27N5O4S. The van der Waals surface area contributed by atoms with Gasteiger partial charge < -0.3 is 19.1 Å². The van der Waals surface area contributed by atoms with Crippen molar-refractivity contribution < 1.29 is 19.2 Å². The molecule has 5 aromatic rings. The summed E-state index contributed by atoms with van der Waals surface area (Å²) in [6.07, 6.45) is 1.63. The van der Waals surface area contributed by atoms with Gasteiger partial charge in [-0.05, 0) is 63.2 Å². The Morgan fingerprint density at radius 3 is 2.58 bits per heavy atom. The van der Waals surface area contributed by atoms with Crippen LogP contribution in [-0.2, 0) is 6.54 Å². The number of nitrogens with one attached hydrogen (secondary N) is 1. The van der Waals surface area contributed by atoms with Gasteiger partial charge in [-0.2, -0.15) is 0 Å². The summed E-state index contributed by atoms with van der Waals surface area (Å²) >= 11 is 1.32. The quantitative estimate of drug-likeness (QED) is 0.293. The molecule has 10 heteroatoms. The first-order valence-electron chi connectivity index (χ1n) is 12.0. The van der Waals surface area contributed by atoms with Crippen molar-refractivity contribution in [2.24, 2.45) is 0 Å². The molecule has 2 N–H and O–H groups in total. The summed E-state index contributed by atoms with van der Waals surface area (Å²) < 4.78 is 6.91. The topological polar surface area (TPSA) is 113 Å². The van der Waals surface area contributed by atoms with Crippen molar-refractivity contribution in [3.8, 4) is 10.4 Å². The highest BCUT2D eigenvalue weighted by Gasteiger charge is 2.23. The van der Waals surface area contributed by atoms with Gasteiger partial charge in [-0.15, -0.1) is 11.3 Å². The summed E-state index contributed by atoms with van der Waals surface area (Å²) in [5.41, 5.74) is 2.32. The molecule has 5 rings (SSSR count). The van der Waals surface area contributed by atoms with Gasteiger partial charge in [0.2, 0.25) is 5.95 Å². The first-order chi connectivity index (χ1) is 18.1. The molecule has 0 aliphatic rings.